The van der Waals surface area contributed by atoms with Crippen molar-refractivity contribution in [3.63, 3.8) is 0 Å². The lowest BCUT2D eigenvalue weighted by atomic mass is 9.93. The van der Waals surface area contributed by atoms with Gasteiger partial charge in [0.05, 0.1) is 5.39 Å². The summed E-state index contributed by atoms with van der Waals surface area (Å²) in [5.41, 5.74) is 12.4. The van der Waals surface area contributed by atoms with E-state index in [1.807, 2.05) is 114 Å². The molecule has 4 heterocycles. The number of furan rings is 1. The van der Waals surface area contributed by atoms with Gasteiger partial charge in [-0.05, 0) is 50.3 Å². The fraction of sp³-hybridized carbons (Fsp3) is 0. The highest BCUT2D eigenvalue weighted by atomic mass is 16.3. The lowest BCUT2D eigenvalue weighted by Crippen LogP contribution is -2.36. The van der Waals surface area contributed by atoms with Crippen molar-refractivity contribution in [2.75, 3.05) is 0 Å². The van der Waals surface area contributed by atoms with Crippen LogP contribution < -0.4 is 4.68 Å². The minimum absolute atomic E-state index is 0.523. The number of benzene rings is 7. The van der Waals surface area contributed by atoms with Gasteiger partial charge in [0.25, 0.3) is 0 Å². The predicted molar refractivity (Wildman–Crippen MR) is 234 cm³/mol. The molecule has 7 nitrogen and oxygen atoms in total. The summed E-state index contributed by atoms with van der Waals surface area (Å²) in [7, 11) is 0. The predicted octanol–water partition coefficient (Wildman–Crippen LogP) is 12.0. The summed E-state index contributed by atoms with van der Waals surface area (Å²) in [6.07, 6.45) is 3.84. The molecule has 276 valence electrons. The molecule has 11 rings (SSSR count). The van der Waals surface area contributed by atoms with Crippen molar-refractivity contribution in [2.45, 2.75) is 0 Å². The molecule has 7 aromatic carbocycles. The number of nitrogens with zero attached hydrogens (tertiary/aromatic N) is 6. The second-order valence-electron chi connectivity index (χ2n) is 14.4. The second kappa shape index (κ2) is 14.4. The Morgan fingerprint density at radius 3 is 1.68 bits per heavy atom. The minimum atomic E-state index is 0.523. The van der Waals surface area contributed by atoms with Crippen LogP contribution in [0.25, 0.3) is 106 Å². The van der Waals surface area contributed by atoms with Crippen LogP contribution >= 0.6 is 0 Å². The van der Waals surface area contributed by atoms with E-state index in [9.17, 15) is 0 Å². The standard InChI is InChI=1S/C52H33N6O/c1-5-15-34(16-6-1)39-31-45-48-49(59-52(45)53-32-39)47(55-50(56-48)37-19-9-3-10-20-37)44-30-29-41(42-23-13-14-24-43(42)44)35-25-27-40(28-26-35)58-33-46(36-17-7-2-8-18-36)54-51(57-58)38-21-11-4-12-22-38/h1-33H/q+1. The summed E-state index contributed by atoms with van der Waals surface area (Å²) in [5, 5.41) is 7.96. The van der Waals surface area contributed by atoms with Crippen LogP contribution in [0.5, 0.6) is 0 Å². The highest BCUT2D eigenvalue weighted by Gasteiger charge is 2.22. The Hall–Kier alpha value is -8.16. The van der Waals surface area contributed by atoms with Crippen molar-refractivity contribution in [3.8, 4) is 73.2 Å². The third kappa shape index (κ3) is 6.27. The number of fused-ring (bicyclic) bond motifs is 4. The number of rotatable bonds is 7. The molecule has 0 N–H and O–H groups in total. The monoisotopic (exact) mass is 757 g/mol. The molecule has 11 aromatic rings. The molecule has 0 aliphatic heterocycles. The molecule has 0 amide bonds. The number of pyridine rings is 1. The Bertz CT molecular complexity index is 3240. The average Bonchev–Trinajstić information content (AvgIpc) is 3.70. The molecule has 0 saturated heterocycles. The fourth-order valence-electron chi connectivity index (χ4n) is 7.77. The van der Waals surface area contributed by atoms with Crippen LogP contribution in [-0.2, 0) is 0 Å². The molecule has 0 aliphatic rings. The van der Waals surface area contributed by atoms with E-state index in [0.717, 1.165) is 83.3 Å². The van der Waals surface area contributed by atoms with Crippen molar-refractivity contribution in [2.24, 2.45) is 0 Å². The Labute approximate surface area is 339 Å². The van der Waals surface area contributed by atoms with E-state index in [1.54, 1.807) is 0 Å². The molecular formula is C52H33N6O+. The Kier molecular flexibility index (Phi) is 8.33. The van der Waals surface area contributed by atoms with E-state index < -0.39 is 0 Å². The summed E-state index contributed by atoms with van der Waals surface area (Å²) < 4.78 is 8.48. The Morgan fingerprint density at radius 1 is 0.424 bits per heavy atom. The zero-order chi connectivity index (χ0) is 39.1. The van der Waals surface area contributed by atoms with Crippen molar-refractivity contribution in [3.05, 3.63) is 200 Å². The molecule has 0 atom stereocenters. The van der Waals surface area contributed by atoms with Crippen LogP contribution in [0, 0.1) is 0 Å². The molecule has 59 heavy (non-hydrogen) atoms. The maximum absolute atomic E-state index is 6.56. The zero-order valence-electron chi connectivity index (χ0n) is 31.6. The number of hydrogen-bond donors (Lipinski definition) is 0. The normalized spacial score (nSPS) is 11.4. The molecule has 0 saturated carbocycles. The molecule has 0 spiro atoms. The molecule has 7 heteroatoms. The first kappa shape index (κ1) is 34.1. The first-order chi connectivity index (χ1) is 29.2. The van der Waals surface area contributed by atoms with Crippen LogP contribution in [0.3, 0.4) is 0 Å². The van der Waals surface area contributed by atoms with E-state index >= 15 is 0 Å². The largest absolute Gasteiger partial charge is 0.434 e. The summed E-state index contributed by atoms with van der Waals surface area (Å²) in [5.74, 6) is 1.28. The van der Waals surface area contributed by atoms with Gasteiger partial charge in [-0.2, -0.15) is 0 Å². The fourth-order valence-corrected chi connectivity index (χ4v) is 7.77. The van der Waals surface area contributed by atoms with Gasteiger partial charge in [0, 0.05) is 51.2 Å². The van der Waals surface area contributed by atoms with Gasteiger partial charge in [0.1, 0.15) is 16.9 Å². The topological polar surface area (TPSA) is 81.5 Å². The van der Waals surface area contributed by atoms with Gasteiger partial charge in [-0.3, -0.25) is 0 Å². The smallest absolute Gasteiger partial charge is 0.238 e. The van der Waals surface area contributed by atoms with Gasteiger partial charge in [-0.1, -0.05) is 158 Å². The number of hydrogen-bond acceptors (Lipinski definition) is 6. The summed E-state index contributed by atoms with van der Waals surface area (Å²) >= 11 is 0. The lowest BCUT2D eigenvalue weighted by molar-refractivity contribution is -0.658. The molecular weight excluding hydrogens is 725 g/mol. The molecule has 0 radical (unpaired) electrons. The average molecular weight is 758 g/mol. The highest BCUT2D eigenvalue weighted by Crippen LogP contribution is 2.41. The van der Waals surface area contributed by atoms with Crippen molar-refractivity contribution in [1.29, 1.82) is 0 Å². The van der Waals surface area contributed by atoms with Crippen molar-refractivity contribution in [1.82, 2.24) is 25.0 Å². The molecule has 0 unspecified atom stereocenters. The maximum atomic E-state index is 6.56. The van der Waals surface area contributed by atoms with Gasteiger partial charge in [-0.25, -0.2) is 19.9 Å². The van der Waals surface area contributed by atoms with Gasteiger partial charge >= 0.3 is 0 Å². The number of aromatic nitrogens is 6. The van der Waals surface area contributed by atoms with Crippen LogP contribution in [0.4, 0.5) is 0 Å². The summed E-state index contributed by atoms with van der Waals surface area (Å²) in [4.78, 5) is 20.1. The van der Waals surface area contributed by atoms with Gasteiger partial charge < -0.3 is 4.42 Å². The zero-order valence-corrected chi connectivity index (χ0v) is 31.6. The molecule has 4 aromatic heterocycles. The maximum Gasteiger partial charge on any atom is 0.238 e. The lowest BCUT2D eigenvalue weighted by Gasteiger charge is -2.13. The van der Waals surface area contributed by atoms with E-state index in [0.29, 0.717) is 22.9 Å². The second-order valence-corrected chi connectivity index (χ2v) is 14.4. The van der Waals surface area contributed by atoms with Crippen LogP contribution in [0.2, 0.25) is 0 Å². The van der Waals surface area contributed by atoms with Gasteiger partial charge in [0.15, 0.2) is 11.4 Å². The van der Waals surface area contributed by atoms with Crippen molar-refractivity contribution >= 4 is 33.0 Å². The van der Waals surface area contributed by atoms with Gasteiger partial charge in [-0.15, -0.1) is 0 Å². The first-order valence-electron chi connectivity index (χ1n) is 19.5. The van der Waals surface area contributed by atoms with Gasteiger partial charge in [0.2, 0.25) is 23.4 Å². The molecule has 0 fully saturated rings. The SMILES string of the molecule is c1ccc(-c2cnc3oc4c(-c5ccc(-c6ccc(-[n+]7cc(-c8ccccc8)nc(-c8ccccc8)n7)cc6)c6ccccc56)nc(-c5ccccc5)nc4c3c2)cc1. The molecule has 0 aliphatic carbocycles. The first-order valence-corrected chi connectivity index (χ1v) is 19.5. The summed E-state index contributed by atoms with van der Waals surface area (Å²) in [6.45, 7) is 0. The van der Waals surface area contributed by atoms with E-state index in [1.165, 1.54) is 0 Å². The van der Waals surface area contributed by atoms with Crippen LogP contribution in [0.1, 0.15) is 0 Å². The quantitative estimate of drug-likeness (QED) is 0.151. The van der Waals surface area contributed by atoms with E-state index in [4.69, 9.17) is 29.5 Å². The third-order valence-electron chi connectivity index (χ3n) is 10.7. The Balaban J connectivity index is 1.04. The Morgan fingerprint density at radius 2 is 1.00 bits per heavy atom. The van der Waals surface area contributed by atoms with E-state index in [2.05, 4.69) is 91.0 Å². The molecule has 0 bridgehead atoms. The van der Waals surface area contributed by atoms with Crippen LogP contribution in [-0.4, -0.2) is 25.0 Å². The highest BCUT2D eigenvalue weighted by molar-refractivity contribution is 6.12. The third-order valence-corrected chi connectivity index (χ3v) is 10.7. The van der Waals surface area contributed by atoms with Crippen molar-refractivity contribution < 1.29 is 9.10 Å². The van der Waals surface area contributed by atoms with E-state index in [-0.39, 0.29) is 0 Å². The minimum Gasteiger partial charge on any atom is -0.434 e. The van der Waals surface area contributed by atoms with Crippen LogP contribution in [0.15, 0.2) is 205 Å². The summed E-state index contributed by atoms with van der Waals surface area (Å²) in [6, 6.07) is 64.1.